The van der Waals surface area contributed by atoms with Crippen molar-refractivity contribution >= 4 is 23.0 Å². The van der Waals surface area contributed by atoms with E-state index in [1.54, 1.807) is 35.0 Å². The van der Waals surface area contributed by atoms with Crippen molar-refractivity contribution in [3.05, 3.63) is 76.9 Å². The van der Waals surface area contributed by atoms with Gasteiger partial charge in [0.2, 0.25) is 5.91 Å². The molecule has 4 aromatic rings. The number of aromatic nitrogens is 5. The van der Waals surface area contributed by atoms with Crippen LogP contribution in [0.2, 0.25) is 0 Å². The molecule has 10 nitrogen and oxygen atoms in total. The molecule has 0 unspecified atom stereocenters. The molecule has 184 valence electrons. The largest absolute Gasteiger partial charge is 0.383 e. The Labute approximate surface area is 207 Å². The van der Waals surface area contributed by atoms with Gasteiger partial charge in [-0.1, -0.05) is 0 Å². The third-order valence-corrected chi connectivity index (χ3v) is 6.65. The van der Waals surface area contributed by atoms with Crippen molar-refractivity contribution in [2.24, 2.45) is 5.92 Å². The molecule has 4 aromatic heterocycles. The maximum Gasteiger partial charge on any atom is 0.272 e. The maximum absolute atomic E-state index is 13.1. The number of aromatic amines is 1. The molecule has 0 aliphatic carbocycles. The second-order valence-electron chi connectivity index (χ2n) is 9.01. The molecule has 5 heterocycles. The number of carbonyl (C=O) groups is 2. The Hall–Kier alpha value is -4.34. The first-order chi connectivity index (χ1) is 17.5. The van der Waals surface area contributed by atoms with Crippen LogP contribution in [-0.4, -0.2) is 54.0 Å². The average molecular weight is 486 g/mol. The topological polar surface area (TPSA) is 139 Å². The zero-order chi connectivity index (χ0) is 25.1. The highest BCUT2D eigenvalue weighted by molar-refractivity contribution is 5.99. The molecule has 0 spiro atoms. The Morgan fingerprint density at radius 1 is 1.11 bits per heavy atom. The fourth-order valence-corrected chi connectivity index (χ4v) is 4.68. The van der Waals surface area contributed by atoms with Crippen LogP contribution in [0.4, 0.5) is 5.82 Å². The normalized spacial score (nSPS) is 14.3. The number of fused-ring (bicyclic) bond motifs is 1. The maximum atomic E-state index is 13.1. The van der Waals surface area contributed by atoms with E-state index in [2.05, 4.69) is 19.9 Å². The van der Waals surface area contributed by atoms with Gasteiger partial charge in [-0.25, -0.2) is 15.0 Å². The first kappa shape index (κ1) is 23.4. The van der Waals surface area contributed by atoms with Crippen molar-refractivity contribution in [2.75, 3.05) is 18.8 Å². The summed E-state index contributed by atoms with van der Waals surface area (Å²) in [6.45, 7) is 1.08. The van der Waals surface area contributed by atoms with Crippen molar-refractivity contribution in [3.8, 4) is 11.4 Å². The third kappa shape index (κ3) is 4.88. The fourth-order valence-electron chi connectivity index (χ4n) is 4.68. The van der Waals surface area contributed by atoms with Crippen LogP contribution in [0.5, 0.6) is 0 Å². The van der Waals surface area contributed by atoms with E-state index in [1.165, 1.54) is 6.20 Å². The summed E-state index contributed by atoms with van der Waals surface area (Å²) in [7, 11) is 0. The average Bonchev–Trinajstić information content (AvgIpc) is 3.38. The number of H-pyrrole nitrogens is 1. The van der Waals surface area contributed by atoms with Gasteiger partial charge in [-0.05, 0) is 49.9 Å². The monoisotopic (exact) mass is 485 g/mol. The number of pyridine rings is 1. The van der Waals surface area contributed by atoms with E-state index < -0.39 is 0 Å². The number of anilines is 1. The fraction of sp³-hybridized carbons (Fsp3) is 0.308. The van der Waals surface area contributed by atoms with Gasteiger partial charge in [-0.3, -0.25) is 14.4 Å². The predicted octanol–water partition coefficient (Wildman–Crippen LogP) is 2.51. The first-order valence-corrected chi connectivity index (χ1v) is 12.0. The van der Waals surface area contributed by atoms with Crippen molar-refractivity contribution in [3.63, 3.8) is 0 Å². The van der Waals surface area contributed by atoms with Gasteiger partial charge in [0.15, 0.2) is 11.6 Å². The molecule has 1 amide bonds. The van der Waals surface area contributed by atoms with Crippen molar-refractivity contribution < 1.29 is 9.59 Å². The van der Waals surface area contributed by atoms with E-state index in [1.807, 2.05) is 23.4 Å². The Kier molecular flexibility index (Phi) is 6.57. The summed E-state index contributed by atoms with van der Waals surface area (Å²) < 4.78 is 1.80. The van der Waals surface area contributed by atoms with E-state index in [0.717, 1.165) is 5.69 Å². The first-order valence-electron chi connectivity index (χ1n) is 12.0. The number of amides is 1. The van der Waals surface area contributed by atoms with Crippen molar-refractivity contribution in [1.82, 2.24) is 29.2 Å². The van der Waals surface area contributed by atoms with Crippen LogP contribution in [0.25, 0.3) is 16.9 Å². The Morgan fingerprint density at radius 3 is 2.67 bits per heavy atom. The van der Waals surface area contributed by atoms with Crippen molar-refractivity contribution in [1.29, 1.82) is 0 Å². The predicted molar refractivity (Wildman–Crippen MR) is 134 cm³/mol. The zero-order valence-corrected chi connectivity index (χ0v) is 19.8. The lowest BCUT2D eigenvalue weighted by molar-refractivity contribution is -0.132. The number of likely N-dealkylation sites (tertiary alicyclic amines) is 1. The van der Waals surface area contributed by atoms with Crippen LogP contribution in [0.1, 0.15) is 41.7 Å². The van der Waals surface area contributed by atoms with E-state index in [0.29, 0.717) is 67.7 Å². The summed E-state index contributed by atoms with van der Waals surface area (Å²) >= 11 is 0. The lowest BCUT2D eigenvalue weighted by atomic mass is 9.89. The van der Waals surface area contributed by atoms with Crippen molar-refractivity contribution in [2.45, 2.75) is 32.1 Å². The van der Waals surface area contributed by atoms with E-state index in [-0.39, 0.29) is 29.0 Å². The summed E-state index contributed by atoms with van der Waals surface area (Å²) in [6, 6.07) is 7.00. The van der Waals surface area contributed by atoms with Gasteiger partial charge in [-0.2, -0.15) is 0 Å². The van der Waals surface area contributed by atoms with Gasteiger partial charge in [0.25, 0.3) is 5.56 Å². The molecule has 3 N–H and O–H groups in total. The number of Topliss-reactive ketones (excluding diaryl/α,β-unsaturated/α-hetero) is 1. The van der Waals surface area contributed by atoms with E-state index in [9.17, 15) is 14.4 Å². The standard InChI is InChI=1S/C26H27N7O3/c27-24-20(25-28-9-3-10-29-25)14-18(15-30-24)23(35)17-7-12-32(13-8-17)22(34)6-1-4-19-16-33-11-2-5-21(33)26(36)31-19/h2-3,5,9-11,14-17H,1,4,6-8,12-13H2,(H2,27,30)(H,31,36). The van der Waals surface area contributed by atoms with E-state index >= 15 is 0 Å². The highest BCUT2D eigenvalue weighted by Gasteiger charge is 2.28. The Morgan fingerprint density at radius 2 is 1.89 bits per heavy atom. The Balaban J connectivity index is 1.14. The number of hydrogen-bond acceptors (Lipinski definition) is 7. The molecule has 0 aromatic carbocycles. The lowest BCUT2D eigenvalue weighted by Crippen LogP contribution is -2.40. The molecule has 1 fully saturated rings. The molecule has 0 radical (unpaired) electrons. The minimum absolute atomic E-state index is 0.00358. The molecular weight excluding hydrogens is 458 g/mol. The van der Waals surface area contributed by atoms with Crippen LogP contribution < -0.4 is 11.3 Å². The number of nitrogens with two attached hydrogens (primary N) is 1. The number of piperidine rings is 1. The number of rotatable bonds is 7. The molecule has 0 atom stereocenters. The van der Waals surface area contributed by atoms with Gasteiger partial charge >= 0.3 is 0 Å². The SMILES string of the molecule is Nc1ncc(C(=O)C2CCN(C(=O)CCCc3cn4cccc4c(=O)[nH]3)CC2)cc1-c1ncccn1. The molecule has 0 saturated carbocycles. The van der Waals surface area contributed by atoms with Crippen LogP contribution in [0.15, 0.2) is 60.0 Å². The van der Waals surface area contributed by atoms with Gasteiger partial charge in [0.05, 0.1) is 5.56 Å². The van der Waals surface area contributed by atoms with Gasteiger partial charge in [-0.15, -0.1) is 0 Å². The summed E-state index contributed by atoms with van der Waals surface area (Å²) in [6.07, 6.45) is 11.3. The molecule has 0 bridgehead atoms. The van der Waals surface area contributed by atoms with Crippen LogP contribution in [-0.2, 0) is 11.2 Å². The van der Waals surface area contributed by atoms with Gasteiger partial charge < -0.3 is 20.0 Å². The quantitative estimate of drug-likeness (QED) is 0.383. The molecule has 1 saturated heterocycles. The number of nitrogens with one attached hydrogen (secondary N) is 1. The van der Waals surface area contributed by atoms with Crippen LogP contribution in [0.3, 0.4) is 0 Å². The van der Waals surface area contributed by atoms with E-state index in [4.69, 9.17) is 5.73 Å². The molecule has 1 aliphatic heterocycles. The molecule has 36 heavy (non-hydrogen) atoms. The third-order valence-electron chi connectivity index (χ3n) is 6.65. The second kappa shape index (κ2) is 10.1. The Bertz CT molecular complexity index is 1450. The number of nitrogen functional groups attached to an aromatic ring is 1. The number of aryl methyl sites for hydroxylation is 1. The molecule has 1 aliphatic rings. The second-order valence-corrected chi connectivity index (χ2v) is 9.01. The van der Waals surface area contributed by atoms with Gasteiger partial charge in [0.1, 0.15) is 11.3 Å². The molecule has 5 rings (SSSR count). The van der Waals surface area contributed by atoms with Crippen LogP contribution in [0, 0.1) is 5.92 Å². The van der Waals surface area contributed by atoms with Gasteiger partial charge in [0, 0.05) is 67.7 Å². The molecule has 10 heteroatoms. The number of ketones is 1. The highest BCUT2D eigenvalue weighted by Crippen LogP contribution is 2.26. The summed E-state index contributed by atoms with van der Waals surface area (Å²) in [5, 5.41) is 0. The van der Waals surface area contributed by atoms with Crippen LogP contribution >= 0.6 is 0 Å². The lowest BCUT2D eigenvalue weighted by Gasteiger charge is -2.31. The minimum atomic E-state index is -0.178. The summed E-state index contributed by atoms with van der Waals surface area (Å²) in [5.41, 5.74) is 8.28. The number of hydrogen-bond donors (Lipinski definition) is 2. The molecular formula is C26H27N7O3. The minimum Gasteiger partial charge on any atom is -0.383 e. The number of nitrogens with zero attached hydrogens (tertiary/aromatic N) is 5. The smallest absolute Gasteiger partial charge is 0.272 e. The number of carbonyl (C=O) groups excluding carboxylic acids is 2. The highest BCUT2D eigenvalue weighted by atomic mass is 16.2. The zero-order valence-electron chi connectivity index (χ0n) is 19.8. The summed E-state index contributed by atoms with van der Waals surface area (Å²) in [4.78, 5) is 55.3. The summed E-state index contributed by atoms with van der Waals surface area (Å²) in [5.74, 6) is 0.590.